The quantitative estimate of drug-likeness (QED) is 0.190. The molecule has 1 rings (SSSR count). The second kappa shape index (κ2) is 17.6. The van der Waals surface area contributed by atoms with Gasteiger partial charge in [0.1, 0.15) is 0 Å². The fourth-order valence-electron chi connectivity index (χ4n) is 3.56. The molecule has 0 spiro atoms. The summed E-state index contributed by atoms with van der Waals surface area (Å²) in [6.07, 6.45) is 18.1. The molecule has 0 fully saturated rings. The van der Waals surface area contributed by atoms with Crippen molar-refractivity contribution in [3.8, 4) is 0 Å². The molecule has 0 aliphatic heterocycles. The topological polar surface area (TPSA) is 81.4 Å². The highest BCUT2D eigenvalue weighted by atomic mass is 16.5. The van der Waals surface area contributed by atoms with Crippen LogP contribution in [0.1, 0.15) is 114 Å². The second-order valence-corrected chi connectivity index (χ2v) is 8.55. The van der Waals surface area contributed by atoms with E-state index in [9.17, 15) is 9.59 Å². The largest absolute Gasteiger partial charge is 0.449 e. The van der Waals surface area contributed by atoms with E-state index in [-0.39, 0.29) is 0 Å². The average molecular weight is 433 g/mol. The molecule has 0 heterocycles. The van der Waals surface area contributed by atoms with Crippen LogP contribution >= 0.6 is 0 Å². The third-order valence-corrected chi connectivity index (χ3v) is 5.66. The number of esters is 1. The lowest BCUT2D eigenvalue weighted by Gasteiger charge is -2.10. The van der Waals surface area contributed by atoms with Crippen molar-refractivity contribution >= 4 is 17.6 Å². The SMILES string of the molecule is CCCCCCCCCCCCCCCCNc1ccc(C(=O)OC(C)C(N)=O)cc1. The number of carbonyl (C=O) groups is 2. The van der Waals surface area contributed by atoms with Gasteiger partial charge < -0.3 is 15.8 Å². The van der Waals surface area contributed by atoms with Gasteiger partial charge in [-0.05, 0) is 37.6 Å². The minimum absolute atomic E-state index is 0.412. The normalized spacial score (nSPS) is 11.8. The summed E-state index contributed by atoms with van der Waals surface area (Å²) in [5.74, 6) is -1.19. The van der Waals surface area contributed by atoms with E-state index < -0.39 is 18.0 Å². The molecule has 1 amide bonds. The van der Waals surface area contributed by atoms with Gasteiger partial charge in [-0.1, -0.05) is 90.4 Å². The van der Waals surface area contributed by atoms with Crippen molar-refractivity contribution in [1.29, 1.82) is 0 Å². The highest BCUT2D eigenvalue weighted by molar-refractivity contribution is 5.92. The van der Waals surface area contributed by atoms with Crippen molar-refractivity contribution in [3.05, 3.63) is 29.8 Å². The molecule has 0 saturated carbocycles. The van der Waals surface area contributed by atoms with Crippen molar-refractivity contribution in [2.24, 2.45) is 5.73 Å². The van der Waals surface area contributed by atoms with Gasteiger partial charge in [-0.25, -0.2) is 4.79 Å². The fourth-order valence-corrected chi connectivity index (χ4v) is 3.56. The highest BCUT2D eigenvalue weighted by Crippen LogP contribution is 2.14. The van der Waals surface area contributed by atoms with Crippen LogP contribution in [-0.2, 0) is 9.53 Å². The molecule has 0 radical (unpaired) electrons. The number of carbonyl (C=O) groups excluding carboxylic acids is 2. The highest BCUT2D eigenvalue weighted by Gasteiger charge is 2.15. The maximum absolute atomic E-state index is 11.9. The van der Waals surface area contributed by atoms with Crippen molar-refractivity contribution < 1.29 is 14.3 Å². The van der Waals surface area contributed by atoms with E-state index in [1.807, 2.05) is 12.1 Å². The van der Waals surface area contributed by atoms with Gasteiger partial charge in [0.15, 0.2) is 6.10 Å². The minimum Gasteiger partial charge on any atom is -0.449 e. The zero-order chi connectivity index (χ0) is 22.7. The van der Waals surface area contributed by atoms with Crippen LogP contribution in [0.2, 0.25) is 0 Å². The summed E-state index contributed by atoms with van der Waals surface area (Å²) in [7, 11) is 0. The Bertz CT molecular complexity index is 601. The fraction of sp³-hybridized carbons (Fsp3) is 0.692. The van der Waals surface area contributed by atoms with Gasteiger partial charge in [0.05, 0.1) is 5.56 Å². The van der Waals surface area contributed by atoms with E-state index in [2.05, 4.69) is 12.2 Å². The van der Waals surface area contributed by atoms with E-state index >= 15 is 0 Å². The lowest BCUT2D eigenvalue weighted by molar-refractivity contribution is -0.125. The standard InChI is InChI=1S/C26H44N2O3/c1-3-4-5-6-7-8-9-10-11-12-13-14-15-16-21-28-24-19-17-23(18-20-24)26(30)31-22(2)25(27)29/h17-20,22,28H,3-16,21H2,1-2H3,(H2,27,29). The lowest BCUT2D eigenvalue weighted by atomic mass is 10.0. The Morgan fingerprint density at radius 1 is 0.806 bits per heavy atom. The first kappa shape index (κ1) is 27.0. The van der Waals surface area contributed by atoms with Crippen LogP contribution < -0.4 is 11.1 Å². The molecule has 31 heavy (non-hydrogen) atoms. The number of rotatable bonds is 19. The second-order valence-electron chi connectivity index (χ2n) is 8.55. The molecule has 0 aliphatic rings. The summed E-state index contributed by atoms with van der Waals surface area (Å²) in [5, 5.41) is 3.39. The van der Waals surface area contributed by atoms with Gasteiger partial charge in [-0.2, -0.15) is 0 Å². The van der Waals surface area contributed by atoms with Crippen molar-refractivity contribution in [2.45, 2.75) is 110 Å². The van der Waals surface area contributed by atoms with E-state index in [0.29, 0.717) is 5.56 Å². The van der Waals surface area contributed by atoms with Gasteiger partial charge in [0.2, 0.25) is 0 Å². The molecule has 0 aromatic heterocycles. The molecule has 1 atom stereocenters. The van der Waals surface area contributed by atoms with Gasteiger partial charge in [-0.3, -0.25) is 4.79 Å². The summed E-state index contributed by atoms with van der Waals surface area (Å²) >= 11 is 0. The number of unbranched alkanes of at least 4 members (excludes halogenated alkanes) is 13. The first-order valence-corrected chi connectivity index (χ1v) is 12.4. The van der Waals surface area contributed by atoms with Gasteiger partial charge in [0.25, 0.3) is 5.91 Å². The van der Waals surface area contributed by atoms with Gasteiger partial charge in [-0.15, -0.1) is 0 Å². The zero-order valence-corrected chi connectivity index (χ0v) is 19.8. The summed E-state index contributed by atoms with van der Waals surface area (Å²) in [6, 6.07) is 7.11. The molecule has 1 aromatic carbocycles. The van der Waals surface area contributed by atoms with Crippen LogP contribution in [0.3, 0.4) is 0 Å². The molecule has 3 N–H and O–H groups in total. The first-order valence-electron chi connectivity index (χ1n) is 12.4. The number of anilines is 1. The molecule has 5 nitrogen and oxygen atoms in total. The smallest absolute Gasteiger partial charge is 0.338 e. The number of benzene rings is 1. The molecule has 176 valence electrons. The first-order chi connectivity index (χ1) is 15.0. The monoisotopic (exact) mass is 432 g/mol. The summed E-state index contributed by atoms with van der Waals surface area (Å²) in [5.41, 5.74) is 6.50. The number of hydrogen-bond donors (Lipinski definition) is 2. The average Bonchev–Trinajstić information content (AvgIpc) is 2.76. The summed E-state index contributed by atoms with van der Waals surface area (Å²) in [4.78, 5) is 22.9. The van der Waals surface area contributed by atoms with E-state index in [0.717, 1.165) is 18.7 Å². The van der Waals surface area contributed by atoms with Crippen LogP contribution in [0.5, 0.6) is 0 Å². The number of hydrogen-bond acceptors (Lipinski definition) is 4. The van der Waals surface area contributed by atoms with Gasteiger partial charge in [0, 0.05) is 12.2 Å². The van der Waals surface area contributed by atoms with Crippen LogP contribution in [0.4, 0.5) is 5.69 Å². The molecule has 0 saturated heterocycles. The van der Waals surface area contributed by atoms with Crippen LogP contribution in [0, 0.1) is 0 Å². The molecular weight excluding hydrogens is 388 g/mol. The number of nitrogens with one attached hydrogen (secondary N) is 1. The third-order valence-electron chi connectivity index (χ3n) is 5.66. The maximum atomic E-state index is 11.9. The van der Waals surface area contributed by atoms with Crippen molar-refractivity contribution in [2.75, 3.05) is 11.9 Å². The van der Waals surface area contributed by atoms with Crippen molar-refractivity contribution in [3.63, 3.8) is 0 Å². The van der Waals surface area contributed by atoms with Gasteiger partial charge >= 0.3 is 5.97 Å². The predicted molar refractivity (Wildman–Crippen MR) is 129 cm³/mol. The molecule has 1 aromatic rings. The van der Waals surface area contributed by atoms with E-state index in [4.69, 9.17) is 10.5 Å². The number of nitrogens with two attached hydrogens (primary N) is 1. The summed E-state index contributed by atoms with van der Waals surface area (Å²) < 4.78 is 4.99. The number of ether oxygens (including phenoxy) is 1. The Morgan fingerprint density at radius 2 is 1.26 bits per heavy atom. The van der Waals surface area contributed by atoms with E-state index in [1.54, 1.807) is 12.1 Å². The van der Waals surface area contributed by atoms with Crippen LogP contribution in [0.25, 0.3) is 0 Å². The lowest BCUT2D eigenvalue weighted by Crippen LogP contribution is -2.30. The molecule has 0 aliphatic carbocycles. The zero-order valence-electron chi connectivity index (χ0n) is 19.8. The Morgan fingerprint density at radius 3 is 1.71 bits per heavy atom. The summed E-state index contributed by atoms with van der Waals surface area (Å²) in [6.45, 7) is 4.67. The molecule has 5 heteroatoms. The van der Waals surface area contributed by atoms with E-state index in [1.165, 1.54) is 90.4 Å². The minimum atomic E-state index is -0.925. The molecule has 1 unspecified atom stereocenters. The number of primary amides is 1. The number of amides is 1. The predicted octanol–water partition coefficient (Wildman–Crippen LogP) is 6.61. The molecular formula is C26H44N2O3. The van der Waals surface area contributed by atoms with Crippen LogP contribution in [0.15, 0.2) is 24.3 Å². The third kappa shape index (κ3) is 13.8. The Balaban J connectivity index is 1.97. The van der Waals surface area contributed by atoms with Crippen molar-refractivity contribution in [1.82, 2.24) is 0 Å². The van der Waals surface area contributed by atoms with Crippen LogP contribution in [-0.4, -0.2) is 24.5 Å². The Hall–Kier alpha value is -2.04. The Labute approximate surface area is 189 Å². The Kier molecular flexibility index (Phi) is 15.3. The maximum Gasteiger partial charge on any atom is 0.338 e. The molecule has 0 bridgehead atoms.